The lowest BCUT2D eigenvalue weighted by Gasteiger charge is -2.18. The van der Waals surface area contributed by atoms with E-state index in [0.29, 0.717) is 5.56 Å². The molecule has 16 heavy (non-hydrogen) atoms. The van der Waals surface area contributed by atoms with E-state index in [9.17, 15) is 8.78 Å². The van der Waals surface area contributed by atoms with Gasteiger partial charge in [0.2, 0.25) is 0 Å². The van der Waals surface area contributed by atoms with Crippen LogP contribution in [0.2, 0.25) is 0 Å². The van der Waals surface area contributed by atoms with E-state index < -0.39 is 0 Å². The van der Waals surface area contributed by atoms with Gasteiger partial charge in [-0.15, -0.1) is 0 Å². The van der Waals surface area contributed by atoms with Crippen molar-refractivity contribution in [1.82, 2.24) is 0 Å². The van der Waals surface area contributed by atoms with E-state index in [1.54, 1.807) is 0 Å². The second-order valence-corrected chi connectivity index (χ2v) is 4.64. The number of hydrogen-bond donors (Lipinski definition) is 1. The van der Waals surface area contributed by atoms with E-state index in [4.69, 9.17) is 5.73 Å². The molecule has 0 radical (unpaired) electrons. The lowest BCUT2D eigenvalue weighted by atomic mass is 9.90. The summed E-state index contributed by atoms with van der Waals surface area (Å²) in [5.74, 6) is -0.595. The Bertz CT molecular complexity index is 365. The molecule has 0 saturated heterocycles. The van der Waals surface area contributed by atoms with Gasteiger partial charge in [0.1, 0.15) is 11.6 Å². The number of halogens is 2. The third-order valence-electron chi connectivity index (χ3n) is 3.36. The fraction of sp³-hybridized carbons (Fsp3) is 0.538. The standard InChI is InChI=1S/C13H17F2N/c14-10-5-6-13(15)12(8-10)9-3-1-2-4-11(16)7-9/h5-6,8-9,11H,1-4,7,16H2. The van der Waals surface area contributed by atoms with Crippen LogP contribution >= 0.6 is 0 Å². The lowest BCUT2D eigenvalue weighted by Crippen LogP contribution is -2.21. The van der Waals surface area contributed by atoms with Gasteiger partial charge in [-0.3, -0.25) is 0 Å². The third kappa shape index (κ3) is 2.59. The van der Waals surface area contributed by atoms with Crippen LogP contribution in [0.3, 0.4) is 0 Å². The Labute approximate surface area is 94.7 Å². The molecule has 2 atom stereocenters. The summed E-state index contributed by atoms with van der Waals surface area (Å²) >= 11 is 0. The molecule has 0 bridgehead atoms. The molecular formula is C13H17F2N. The van der Waals surface area contributed by atoms with Gasteiger partial charge in [0.15, 0.2) is 0 Å². The van der Waals surface area contributed by atoms with Crippen molar-refractivity contribution >= 4 is 0 Å². The predicted octanol–water partition coefficient (Wildman–Crippen LogP) is 3.34. The molecule has 0 amide bonds. The van der Waals surface area contributed by atoms with Crippen LogP contribution in [-0.2, 0) is 0 Å². The van der Waals surface area contributed by atoms with Crippen LogP contribution in [-0.4, -0.2) is 6.04 Å². The average Bonchev–Trinajstić information content (AvgIpc) is 2.46. The van der Waals surface area contributed by atoms with Crippen LogP contribution < -0.4 is 5.73 Å². The first-order valence-electron chi connectivity index (χ1n) is 5.87. The molecular weight excluding hydrogens is 208 g/mol. The molecule has 1 fully saturated rings. The molecule has 88 valence electrons. The molecule has 0 spiro atoms. The zero-order valence-electron chi connectivity index (χ0n) is 9.26. The largest absolute Gasteiger partial charge is 0.328 e. The highest BCUT2D eigenvalue weighted by Crippen LogP contribution is 2.32. The zero-order valence-corrected chi connectivity index (χ0v) is 9.26. The van der Waals surface area contributed by atoms with E-state index in [0.717, 1.165) is 38.2 Å². The number of hydrogen-bond acceptors (Lipinski definition) is 1. The maximum absolute atomic E-state index is 13.6. The summed E-state index contributed by atoms with van der Waals surface area (Å²) < 4.78 is 26.7. The van der Waals surface area contributed by atoms with Gasteiger partial charge in [0, 0.05) is 6.04 Å². The minimum absolute atomic E-state index is 0.0770. The van der Waals surface area contributed by atoms with Crippen molar-refractivity contribution in [3.63, 3.8) is 0 Å². The summed E-state index contributed by atoms with van der Waals surface area (Å²) in [6.45, 7) is 0. The van der Waals surface area contributed by atoms with Gasteiger partial charge in [-0.05, 0) is 48.9 Å². The minimum atomic E-state index is -0.366. The topological polar surface area (TPSA) is 26.0 Å². The van der Waals surface area contributed by atoms with Crippen LogP contribution in [0.4, 0.5) is 8.78 Å². The zero-order chi connectivity index (χ0) is 11.5. The van der Waals surface area contributed by atoms with E-state index >= 15 is 0 Å². The number of rotatable bonds is 1. The fourth-order valence-electron chi connectivity index (χ4n) is 2.51. The molecule has 1 aliphatic rings. The molecule has 1 nitrogen and oxygen atoms in total. The average molecular weight is 225 g/mol. The van der Waals surface area contributed by atoms with Crippen molar-refractivity contribution in [3.05, 3.63) is 35.4 Å². The predicted molar refractivity (Wildman–Crippen MR) is 60.2 cm³/mol. The van der Waals surface area contributed by atoms with Gasteiger partial charge in [-0.2, -0.15) is 0 Å². The second-order valence-electron chi connectivity index (χ2n) is 4.64. The molecule has 2 unspecified atom stereocenters. The SMILES string of the molecule is NC1CCCCC(c2cc(F)ccc2F)C1. The molecule has 2 rings (SSSR count). The van der Waals surface area contributed by atoms with Crippen molar-refractivity contribution in [2.24, 2.45) is 5.73 Å². The number of nitrogens with two attached hydrogens (primary N) is 1. The summed E-state index contributed by atoms with van der Waals surface area (Å²) in [5, 5.41) is 0. The molecule has 2 N–H and O–H groups in total. The second kappa shape index (κ2) is 4.91. The molecule has 0 heterocycles. The highest BCUT2D eigenvalue weighted by atomic mass is 19.1. The highest BCUT2D eigenvalue weighted by Gasteiger charge is 2.21. The summed E-state index contributed by atoms with van der Waals surface area (Å²) in [4.78, 5) is 0. The lowest BCUT2D eigenvalue weighted by molar-refractivity contribution is 0.501. The summed E-state index contributed by atoms with van der Waals surface area (Å²) in [6.07, 6.45) is 4.81. The van der Waals surface area contributed by atoms with Gasteiger partial charge in [0.25, 0.3) is 0 Å². The Morgan fingerprint density at radius 3 is 2.69 bits per heavy atom. The van der Waals surface area contributed by atoms with Crippen LogP contribution in [0.1, 0.15) is 43.6 Å². The Kier molecular flexibility index (Phi) is 3.54. The Morgan fingerprint density at radius 2 is 1.88 bits per heavy atom. The molecule has 3 heteroatoms. The molecule has 0 aromatic heterocycles. The fourth-order valence-corrected chi connectivity index (χ4v) is 2.51. The first kappa shape index (κ1) is 11.5. The minimum Gasteiger partial charge on any atom is -0.328 e. The molecule has 1 saturated carbocycles. The first-order chi connectivity index (χ1) is 7.66. The Balaban J connectivity index is 2.24. The van der Waals surface area contributed by atoms with Crippen LogP contribution in [0.5, 0.6) is 0 Å². The molecule has 1 aliphatic carbocycles. The smallest absolute Gasteiger partial charge is 0.126 e. The van der Waals surface area contributed by atoms with Crippen molar-refractivity contribution in [2.45, 2.75) is 44.1 Å². The third-order valence-corrected chi connectivity index (χ3v) is 3.36. The van der Waals surface area contributed by atoms with E-state index in [1.165, 1.54) is 12.1 Å². The maximum Gasteiger partial charge on any atom is 0.126 e. The van der Waals surface area contributed by atoms with Crippen LogP contribution in [0, 0.1) is 11.6 Å². The normalized spacial score (nSPS) is 26.4. The van der Waals surface area contributed by atoms with E-state index in [1.807, 2.05) is 0 Å². The van der Waals surface area contributed by atoms with Crippen LogP contribution in [0.25, 0.3) is 0 Å². The summed E-state index contributed by atoms with van der Waals surface area (Å²) in [7, 11) is 0. The first-order valence-corrected chi connectivity index (χ1v) is 5.87. The van der Waals surface area contributed by atoms with Gasteiger partial charge in [-0.25, -0.2) is 8.78 Å². The van der Waals surface area contributed by atoms with E-state index in [-0.39, 0.29) is 23.6 Å². The van der Waals surface area contributed by atoms with Crippen molar-refractivity contribution in [2.75, 3.05) is 0 Å². The maximum atomic E-state index is 13.6. The van der Waals surface area contributed by atoms with Crippen molar-refractivity contribution < 1.29 is 8.78 Å². The van der Waals surface area contributed by atoms with Crippen molar-refractivity contribution in [3.8, 4) is 0 Å². The molecule has 1 aromatic carbocycles. The van der Waals surface area contributed by atoms with Gasteiger partial charge in [-0.1, -0.05) is 12.8 Å². The monoisotopic (exact) mass is 225 g/mol. The Hall–Kier alpha value is -0.960. The van der Waals surface area contributed by atoms with Crippen LogP contribution in [0.15, 0.2) is 18.2 Å². The number of benzene rings is 1. The Morgan fingerprint density at radius 1 is 1.12 bits per heavy atom. The molecule has 1 aromatic rings. The van der Waals surface area contributed by atoms with Gasteiger partial charge < -0.3 is 5.73 Å². The van der Waals surface area contributed by atoms with Crippen molar-refractivity contribution in [1.29, 1.82) is 0 Å². The summed E-state index contributed by atoms with van der Waals surface area (Å²) in [5.41, 5.74) is 6.43. The highest BCUT2D eigenvalue weighted by molar-refractivity contribution is 5.23. The summed E-state index contributed by atoms with van der Waals surface area (Å²) in [6, 6.07) is 3.81. The van der Waals surface area contributed by atoms with E-state index in [2.05, 4.69) is 0 Å². The molecule has 0 aliphatic heterocycles. The quantitative estimate of drug-likeness (QED) is 0.729. The van der Waals surface area contributed by atoms with Gasteiger partial charge >= 0.3 is 0 Å². The van der Waals surface area contributed by atoms with Gasteiger partial charge in [0.05, 0.1) is 0 Å².